The molecule has 25 heavy (non-hydrogen) atoms. The first-order valence-corrected chi connectivity index (χ1v) is 10.4. The summed E-state index contributed by atoms with van der Waals surface area (Å²) in [5.41, 5.74) is 0.0389. The summed E-state index contributed by atoms with van der Waals surface area (Å²) in [5, 5.41) is 11.1. The Kier molecular flexibility index (Phi) is 7.40. The Hall–Kier alpha value is -1.44. The molecule has 2 rings (SSSR count). The quantitative estimate of drug-likeness (QED) is 0.413. The lowest BCUT2D eigenvalue weighted by Crippen LogP contribution is -2.39. The molecule has 0 atom stereocenters. The lowest BCUT2D eigenvalue weighted by Gasteiger charge is -2.20. The van der Waals surface area contributed by atoms with Crippen molar-refractivity contribution >= 4 is 17.7 Å². The van der Waals surface area contributed by atoms with Crippen molar-refractivity contribution in [1.82, 2.24) is 25.0 Å². The Labute approximate surface area is 154 Å². The van der Waals surface area contributed by atoms with E-state index < -0.39 is 0 Å². The maximum Gasteiger partial charge on any atom is 0.345 e. The van der Waals surface area contributed by atoms with Crippen LogP contribution in [0.25, 0.3) is 0 Å². The number of aromatic nitrogens is 3. The Balaban J connectivity index is 1.83. The molecule has 0 spiro atoms. The van der Waals surface area contributed by atoms with E-state index in [4.69, 9.17) is 0 Å². The van der Waals surface area contributed by atoms with Crippen LogP contribution in [0.4, 0.5) is 0 Å². The number of nitrogens with one attached hydrogen (secondary N) is 2. The van der Waals surface area contributed by atoms with Crippen LogP contribution in [0.15, 0.2) is 9.79 Å². The van der Waals surface area contributed by atoms with E-state index in [0.717, 1.165) is 63.6 Å². The van der Waals surface area contributed by atoms with Crippen LogP contribution in [-0.2, 0) is 19.5 Å². The fourth-order valence-electron chi connectivity index (χ4n) is 2.71. The fraction of sp³-hybridized carbons (Fsp3) is 0.824. The molecular formula is C17H32N6OS. The third-order valence-corrected chi connectivity index (χ3v) is 5.62. The van der Waals surface area contributed by atoms with Gasteiger partial charge < -0.3 is 10.6 Å². The van der Waals surface area contributed by atoms with Gasteiger partial charge in [-0.25, -0.2) is 9.48 Å². The lowest BCUT2D eigenvalue weighted by molar-refractivity contribution is 0.509. The molecule has 7 nitrogen and oxygen atoms in total. The molecule has 142 valence electrons. The van der Waals surface area contributed by atoms with Crippen molar-refractivity contribution < 1.29 is 0 Å². The molecule has 0 saturated heterocycles. The van der Waals surface area contributed by atoms with Crippen molar-refractivity contribution in [3.05, 3.63) is 16.3 Å². The smallest absolute Gasteiger partial charge is 0.345 e. The molecule has 1 aliphatic heterocycles. The monoisotopic (exact) mass is 368 g/mol. The van der Waals surface area contributed by atoms with Crippen LogP contribution in [0.3, 0.4) is 0 Å². The van der Waals surface area contributed by atoms with Crippen molar-refractivity contribution in [3.63, 3.8) is 0 Å². The molecule has 0 amide bonds. The van der Waals surface area contributed by atoms with Crippen LogP contribution < -0.4 is 16.3 Å². The summed E-state index contributed by atoms with van der Waals surface area (Å²) in [5.74, 6) is 1.78. The number of hydrogen-bond acceptors (Lipinski definition) is 4. The van der Waals surface area contributed by atoms with Crippen LogP contribution in [0, 0.1) is 0 Å². The average molecular weight is 369 g/mol. The van der Waals surface area contributed by atoms with Crippen molar-refractivity contribution in [1.29, 1.82) is 0 Å². The molecule has 0 fully saturated rings. The van der Waals surface area contributed by atoms with Gasteiger partial charge in [0.25, 0.3) is 0 Å². The predicted molar refractivity (Wildman–Crippen MR) is 106 cm³/mol. The highest BCUT2D eigenvalue weighted by molar-refractivity contribution is 7.99. The highest BCUT2D eigenvalue weighted by Crippen LogP contribution is 2.20. The third-order valence-electron chi connectivity index (χ3n) is 4.39. The zero-order valence-corrected chi connectivity index (χ0v) is 16.8. The van der Waals surface area contributed by atoms with Crippen molar-refractivity contribution in [2.75, 3.05) is 25.9 Å². The zero-order valence-electron chi connectivity index (χ0n) is 16.0. The zero-order chi connectivity index (χ0) is 18.3. The molecule has 8 heteroatoms. The maximum absolute atomic E-state index is 12.3. The number of hydrogen-bond donors (Lipinski definition) is 2. The fourth-order valence-corrected chi connectivity index (χ4v) is 2.90. The van der Waals surface area contributed by atoms with Gasteiger partial charge in [-0.3, -0.25) is 9.56 Å². The maximum atomic E-state index is 12.3. The predicted octanol–water partition coefficient (Wildman–Crippen LogP) is 1.47. The summed E-state index contributed by atoms with van der Waals surface area (Å²) < 4.78 is 3.57. The first-order valence-electron chi connectivity index (χ1n) is 9.20. The number of nitrogens with zero attached hydrogens (tertiary/aromatic N) is 4. The van der Waals surface area contributed by atoms with Crippen LogP contribution >= 0.6 is 11.8 Å². The van der Waals surface area contributed by atoms with Gasteiger partial charge in [-0.15, -0.1) is 0 Å². The normalized spacial score (nSPS) is 15.1. The Morgan fingerprint density at radius 1 is 1.36 bits per heavy atom. The average Bonchev–Trinajstić information content (AvgIpc) is 2.93. The van der Waals surface area contributed by atoms with Gasteiger partial charge in [0, 0.05) is 37.3 Å². The first kappa shape index (κ1) is 19.9. The number of aryl methyl sites for hydroxylation is 2. The minimum atomic E-state index is 0.0389. The van der Waals surface area contributed by atoms with E-state index >= 15 is 0 Å². The van der Waals surface area contributed by atoms with E-state index in [1.807, 2.05) is 16.3 Å². The third kappa shape index (κ3) is 5.80. The van der Waals surface area contributed by atoms with Crippen LogP contribution in [0.1, 0.15) is 45.9 Å². The summed E-state index contributed by atoms with van der Waals surface area (Å²) in [7, 11) is 0. The molecule has 0 bridgehead atoms. The number of aliphatic imine (C=N–C) groups is 1. The Morgan fingerprint density at radius 2 is 2.16 bits per heavy atom. The minimum Gasteiger partial charge on any atom is -0.357 e. The van der Waals surface area contributed by atoms with Crippen LogP contribution in [0.5, 0.6) is 0 Å². The summed E-state index contributed by atoms with van der Waals surface area (Å²) in [6.45, 7) is 10.3. The number of fused-ring (bicyclic) bond motifs is 1. The summed E-state index contributed by atoms with van der Waals surface area (Å²) >= 11 is 1.82. The second-order valence-electron chi connectivity index (χ2n) is 6.97. The molecule has 2 heterocycles. The van der Waals surface area contributed by atoms with E-state index in [0.29, 0.717) is 6.54 Å². The second-order valence-corrected chi connectivity index (χ2v) is 8.48. The molecule has 1 aromatic heterocycles. The van der Waals surface area contributed by atoms with Crippen molar-refractivity contribution in [2.24, 2.45) is 4.99 Å². The number of rotatable bonds is 8. The van der Waals surface area contributed by atoms with E-state index in [2.05, 4.69) is 47.8 Å². The van der Waals surface area contributed by atoms with Crippen LogP contribution in [0.2, 0.25) is 0 Å². The summed E-state index contributed by atoms with van der Waals surface area (Å²) in [6, 6.07) is 0. The van der Waals surface area contributed by atoms with Gasteiger partial charge in [-0.2, -0.15) is 16.9 Å². The first-order chi connectivity index (χ1) is 12.0. The summed E-state index contributed by atoms with van der Waals surface area (Å²) in [6.07, 6.45) is 6.08. The highest BCUT2D eigenvalue weighted by atomic mass is 32.2. The molecule has 2 N–H and O–H groups in total. The topological polar surface area (TPSA) is 76.2 Å². The van der Waals surface area contributed by atoms with E-state index in [9.17, 15) is 4.79 Å². The van der Waals surface area contributed by atoms with Crippen molar-refractivity contribution in [3.8, 4) is 0 Å². The molecule has 1 aromatic rings. The van der Waals surface area contributed by atoms with E-state index in [-0.39, 0.29) is 10.4 Å². The summed E-state index contributed by atoms with van der Waals surface area (Å²) in [4.78, 5) is 17.0. The lowest BCUT2D eigenvalue weighted by atomic mass is 10.2. The standard InChI is InChI=1S/C17H32N6OS/c1-5-18-15(20-13-17(2,3)25-4)19-10-8-12-23-16(24)22-11-7-6-9-14(22)21-23/h5-13H2,1-4H3,(H2,18,19,20). The minimum absolute atomic E-state index is 0.0389. The Morgan fingerprint density at radius 3 is 2.84 bits per heavy atom. The van der Waals surface area contributed by atoms with E-state index in [1.165, 1.54) is 0 Å². The highest BCUT2D eigenvalue weighted by Gasteiger charge is 2.17. The largest absolute Gasteiger partial charge is 0.357 e. The van der Waals surface area contributed by atoms with Gasteiger partial charge in [0.05, 0.1) is 6.54 Å². The van der Waals surface area contributed by atoms with E-state index in [1.54, 1.807) is 4.68 Å². The van der Waals surface area contributed by atoms with Crippen molar-refractivity contribution in [2.45, 2.75) is 64.3 Å². The van der Waals surface area contributed by atoms with Crippen LogP contribution in [-0.4, -0.2) is 50.9 Å². The molecular weight excluding hydrogens is 336 g/mol. The van der Waals surface area contributed by atoms with Gasteiger partial charge in [-0.05, 0) is 46.3 Å². The van der Waals surface area contributed by atoms with Gasteiger partial charge >= 0.3 is 5.69 Å². The SMILES string of the molecule is CCNC(=NCC(C)(C)SC)NCCCn1nc2n(c1=O)CCCC2. The van der Waals surface area contributed by atoms with Gasteiger partial charge in [0.1, 0.15) is 5.82 Å². The second kappa shape index (κ2) is 9.31. The molecule has 0 aromatic carbocycles. The number of guanidine groups is 1. The number of thioether (sulfide) groups is 1. The molecule has 0 saturated carbocycles. The molecule has 0 radical (unpaired) electrons. The molecule has 0 unspecified atom stereocenters. The van der Waals surface area contributed by atoms with Gasteiger partial charge in [0.2, 0.25) is 0 Å². The Bertz CT molecular complexity index is 634. The van der Waals surface area contributed by atoms with Gasteiger partial charge in [-0.1, -0.05) is 0 Å². The van der Waals surface area contributed by atoms with Gasteiger partial charge in [0.15, 0.2) is 5.96 Å². The molecule has 1 aliphatic rings. The molecule has 0 aliphatic carbocycles.